The number of furan rings is 1. The van der Waals surface area contributed by atoms with Gasteiger partial charge in [-0.3, -0.25) is 9.69 Å². The smallest absolute Gasteiger partial charge is 0.255 e. The Labute approximate surface area is 193 Å². The highest BCUT2D eigenvalue weighted by molar-refractivity contribution is 6.10. The number of nitrogens with zero attached hydrogens (tertiary/aromatic N) is 4. The van der Waals surface area contributed by atoms with Gasteiger partial charge in [0.25, 0.3) is 5.91 Å². The van der Waals surface area contributed by atoms with Gasteiger partial charge in [-0.05, 0) is 38.3 Å². The molecule has 2 aliphatic rings. The number of aryl methyl sites for hydroxylation is 2. The van der Waals surface area contributed by atoms with Gasteiger partial charge in [-0.1, -0.05) is 29.8 Å². The number of fused-ring (bicyclic) bond motifs is 1. The number of likely N-dealkylation sites (tertiary alicyclic amines) is 1. The maximum absolute atomic E-state index is 13.3. The molecule has 5 rings (SSSR count). The van der Waals surface area contributed by atoms with Gasteiger partial charge >= 0.3 is 0 Å². The number of rotatable bonds is 6. The second-order valence-corrected chi connectivity index (χ2v) is 9.10. The predicted molar refractivity (Wildman–Crippen MR) is 126 cm³/mol. The summed E-state index contributed by atoms with van der Waals surface area (Å²) in [6, 6.07) is 8.72. The zero-order valence-corrected chi connectivity index (χ0v) is 19.3. The summed E-state index contributed by atoms with van der Waals surface area (Å²) in [5.41, 5.74) is 3.62. The second kappa shape index (κ2) is 9.49. The number of ether oxygens (including phenoxy) is 1. The normalized spacial score (nSPS) is 19.3. The monoisotopic (exact) mass is 449 g/mol. The van der Waals surface area contributed by atoms with Crippen molar-refractivity contribution in [1.29, 1.82) is 0 Å². The number of carbonyl (C=O) groups excluding carboxylic acids is 1. The van der Waals surface area contributed by atoms with Gasteiger partial charge in [-0.25, -0.2) is 9.97 Å². The van der Waals surface area contributed by atoms with E-state index in [1.54, 1.807) is 0 Å². The highest BCUT2D eigenvalue weighted by Crippen LogP contribution is 2.31. The van der Waals surface area contributed by atoms with Crippen LogP contribution in [0.4, 0.5) is 5.82 Å². The van der Waals surface area contributed by atoms with Gasteiger partial charge in [0.2, 0.25) is 5.71 Å². The molecule has 0 radical (unpaired) electrons. The molecule has 1 unspecified atom stereocenters. The SMILES string of the molecule is Cc1ccc(CN2CCC(CNC(=O)c3c(C)oc4ncnc(N5CCOCC5)c34)C2)cc1. The van der Waals surface area contributed by atoms with Gasteiger partial charge < -0.3 is 19.4 Å². The molecule has 8 nitrogen and oxygen atoms in total. The third-order valence-corrected chi connectivity index (χ3v) is 6.63. The first-order valence-corrected chi connectivity index (χ1v) is 11.7. The molecule has 33 heavy (non-hydrogen) atoms. The van der Waals surface area contributed by atoms with Crippen molar-refractivity contribution in [3.05, 3.63) is 53.0 Å². The fourth-order valence-electron chi connectivity index (χ4n) is 4.82. The van der Waals surface area contributed by atoms with Crippen LogP contribution < -0.4 is 10.2 Å². The first kappa shape index (κ1) is 21.9. The maximum atomic E-state index is 13.3. The number of carbonyl (C=O) groups is 1. The van der Waals surface area contributed by atoms with Crippen molar-refractivity contribution in [1.82, 2.24) is 20.2 Å². The summed E-state index contributed by atoms with van der Waals surface area (Å²) in [7, 11) is 0. The molecule has 2 aliphatic heterocycles. The van der Waals surface area contributed by atoms with Crippen molar-refractivity contribution in [3.63, 3.8) is 0 Å². The predicted octanol–water partition coefficient (Wildman–Crippen LogP) is 2.93. The molecule has 0 spiro atoms. The standard InChI is InChI=1S/C25H31N5O3/c1-17-3-5-19(6-4-17)14-29-8-7-20(15-29)13-26-24(31)21-18(2)33-25-22(21)23(27-16-28-25)30-9-11-32-12-10-30/h3-6,16,20H,7-15H2,1-2H3,(H,26,31). The van der Waals surface area contributed by atoms with Crippen LogP contribution in [0.25, 0.3) is 11.1 Å². The first-order valence-electron chi connectivity index (χ1n) is 11.7. The van der Waals surface area contributed by atoms with E-state index in [9.17, 15) is 4.79 Å². The third-order valence-electron chi connectivity index (χ3n) is 6.63. The highest BCUT2D eigenvalue weighted by Gasteiger charge is 2.28. The molecule has 174 valence electrons. The number of hydrogen-bond donors (Lipinski definition) is 1. The van der Waals surface area contributed by atoms with Crippen LogP contribution in [-0.4, -0.2) is 66.7 Å². The minimum absolute atomic E-state index is 0.118. The number of anilines is 1. The molecule has 1 aromatic carbocycles. The molecule has 1 amide bonds. The molecule has 4 heterocycles. The zero-order chi connectivity index (χ0) is 22.8. The van der Waals surface area contributed by atoms with Crippen molar-refractivity contribution >= 4 is 22.8 Å². The van der Waals surface area contributed by atoms with Crippen LogP contribution in [0.5, 0.6) is 0 Å². The number of benzene rings is 1. The van der Waals surface area contributed by atoms with E-state index in [1.165, 1.54) is 17.5 Å². The fraction of sp³-hybridized carbons (Fsp3) is 0.480. The largest absolute Gasteiger partial charge is 0.442 e. The van der Waals surface area contributed by atoms with E-state index in [0.29, 0.717) is 48.1 Å². The van der Waals surface area contributed by atoms with Gasteiger partial charge in [0.15, 0.2) is 0 Å². The van der Waals surface area contributed by atoms with Gasteiger partial charge in [0.05, 0.1) is 24.2 Å². The van der Waals surface area contributed by atoms with Gasteiger partial charge in [0.1, 0.15) is 17.9 Å². The van der Waals surface area contributed by atoms with E-state index in [4.69, 9.17) is 9.15 Å². The summed E-state index contributed by atoms with van der Waals surface area (Å²) < 4.78 is 11.3. The van der Waals surface area contributed by atoms with Crippen LogP contribution in [0.1, 0.15) is 33.7 Å². The number of hydrogen-bond acceptors (Lipinski definition) is 7. The highest BCUT2D eigenvalue weighted by atomic mass is 16.5. The number of nitrogens with one attached hydrogen (secondary N) is 1. The van der Waals surface area contributed by atoms with Crippen molar-refractivity contribution in [2.24, 2.45) is 5.92 Å². The molecule has 0 aliphatic carbocycles. The van der Waals surface area contributed by atoms with E-state index in [1.807, 2.05) is 6.92 Å². The Balaban J connectivity index is 1.25. The third kappa shape index (κ3) is 4.72. The maximum Gasteiger partial charge on any atom is 0.255 e. The first-order chi connectivity index (χ1) is 16.1. The fourth-order valence-corrected chi connectivity index (χ4v) is 4.82. The quantitative estimate of drug-likeness (QED) is 0.619. The summed E-state index contributed by atoms with van der Waals surface area (Å²) in [5, 5.41) is 3.85. The Morgan fingerprint density at radius 3 is 2.70 bits per heavy atom. The molecular formula is C25H31N5O3. The lowest BCUT2D eigenvalue weighted by Gasteiger charge is -2.28. The molecule has 1 N–H and O–H groups in total. The van der Waals surface area contributed by atoms with E-state index in [0.717, 1.165) is 45.0 Å². The van der Waals surface area contributed by atoms with Crippen LogP contribution in [-0.2, 0) is 11.3 Å². The topological polar surface area (TPSA) is 83.7 Å². The second-order valence-electron chi connectivity index (χ2n) is 9.10. The molecule has 8 heteroatoms. The lowest BCUT2D eigenvalue weighted by atomic mass is 10.1. The van der Waals surface area contributed by atoms with E-state index in [-0.39, 0.29) is 5.91 Å². The Bertz CT molecular complexity index is 1120. The minimum atomic E-state index is -0.118. The van der Waals surface area contributed by atoms with E-state index in [2.05, 4.69) is 56.3 Å². The molecule has 2 fully saturated rings. The average molecular weight is 450 g/mol. The zero-order valence-electron chi connectivity index (χ0n) is 19.3. The van der Waals surface area contributed by atoms with Gasteiger partial charge in [0, 0.05) is 32.7 Å². The van der Waals surface area contributed by atoms with Crippen LogP contribution in [0, 0.1) is 19.8 Å². The Morgan fingerprint density at radius 1 is 1.12 bits per heavy atom. The summed E-state index contributed by atoms with van der Waals surface area (Å²) >= 11 is 0. The van der Waals surface area contributed by atoms with Gasteiger partial charge in [-0.2, -0.15) is 0 Å². The van der Waals surface area contributed by atoms with Crippen molar-refractivity contribution in [2.75, 3.05) is 50.8 Å². The summed E-state index contributed by atoms with van der Waals surface area (Å²) in [6.07, 6.45) is 2.58. The summed E-state index contributed by atoms with van der Waals surface area (Å²) in [5.74, 6) is 1.64. The van der Waals surface area contributed by atoms with Crippen LogP contribution in [0.2, 0.25) is 0 Å². The molecular weight excluding hydrogens is 418 g/mol. The van der Waals surface area contributed by atoms with Crippen molar-refractivity contribution < 1.29 is 13.9 Å². The number of amides is 1. The summed E-state index contributed by atoms with van der Waals surface area (Å²) in [4.78, 5) is 26.6. The molecule has 2 aromatic heterocycles. The van der Waals surface area contributed by atoms with E-state index < -0.39 is 0 Å². The average Bonchev–Trinajstić information content (AvgIpc) is 3.42. The number of morpholine rings is 1. The van der Waals surface area contributed by atoms with Crippen LogP contribution in [0.15, 0.2) is 35.0 Å². The Kier molecular flexibility index (Phi) is 6.28. The lowest BCUT2D eigenvalue weighted by molar-refractivity contribution is 0.0947. The van der Waals surface area contributed by atoms with Gasteiger partial charge in [-0.15, -0.1) is 0 Å². The van der Waals surface area contributed by atoms with Crippen LogP contribution >= 0.6 is 0 Å². The molecule has 0 saturated carbocycles. The van der Waals surface area contributed by atoms with Crippen LogP contribution in [0.3, 0.4) is 0 Å². The summed E-state index contributed by atoms with van der Waals surface area (Å²) in [6.45, 7) is 10.3. The molecule has 1 atom stereocenters. The Morgan fingerprint density at radius 2 is 1.91 bits per heavy atom. The minimum Gasteiger partial charge on any atom is -0.442 e. The number of aromatic nitrogens is 2. The van der Waals surface area contributed by atoms with E-state index >= 15 is 0 Å². The molecule has 3 aromatic rings. The van der Waals surface area contributed by atoms with Crippen molar-refractivity contribution in [3.8, 4) is 0 Å². The molecule has 0 bridgehead atoms. The van der Waals surface area contributed by atoms with Crippen molar-refractivity contribution in [2.45, 2.75) is 26.8 Å². The lowest BCUT2D eigenvalue weighted by Crippen LogP contribution is -2.37. The Hall–Kier alpha value is -2.97. The molecule has 2 saturated heterocycles.